The van der Waals surface area contributed by atoms with Crippen LogP contribution in [0.15, 0.2) is 77.9 Å². The molecular weight excluding hydrogens is 300 g/mol. The van der Waals surface area contributed by atoms with Crippen LogP contribution in [0.2, 0.25) is 0 Å². The van der Waals surface area contributed by atoms with E-state index in [1.165, 1.54) is 38.6 Å². The highest BCUT2D eigenvalue weighted by Crippen LogP contribution is 2.44. The molecule has 0 unspecified atom stereocenters. The van der Waals surface area contributed by atoms with Crippen molar-refractivity contribution in [2.24, 2.45) is 0 Å². The zero-order chi connectivity index (χ0) is 18.2. The van der Waals surface area contributed by atoms with Crippen molar-refractivity contribution < 1.29 is 0 Å². The van der Waals surface area contributed by atoms with Crippen LogP contribution >= 0.6 is 0 Å². The first-order chi connectivity index (χ1) is 12.4. The van der Waals surface area contributed by atoms with Gasteiger partial charge in [-0.1, -0.05) is 94.5 Å². The normalized spacial score (nSPS) is 19.2. The average molecular weight is 331 g/mol. The number of hydrogen-bond acceptors (Lipinski definition) is 0. The Kier molecular flexibility index (Phi) is 7.01. The molecule has 2 aliphatic rings. The molecule has 0 aliphatic heterocycles. The first-order valence-electron chi connectivity index (χ1n) is 9.61. The van der Waals surface area contributed by atoms with Gasteiger partial charge in [0.1, 0.15) is 0 Å². The van der Waals surface area contributed by atoms with E-state index in [-0.39, 0.29) is 0 Å². The van der Waals surface area contributed by atoms with Gasteiger partial charge < -0.3 is 0 Å². The quantitative estimate of drug-likeness (QED) is 0.465. The Balaban J connectivity index is 0.000000528. The van der Waals surface area contributed by atoms with Crippen LogP contribution in [0.25, 0.3) is 16.3 Å². The lowest BCUT2D eigenvalue weighted by Crippen LogP contribution is -1.91. The Morgan fingerprint density at radius 3 is 2.32 bits per heavy atom. The van der Waals surface area contributed by atoms with Crippen LogP contribution in [0.3, 0.4) is 0 Å². The fourth-order valence-electron chi connectivity index (χ4n) is 3.53. The van der Waals surface area contributed by atoms with Crippen LogP contribution in [-0.2, 0) is 6.42 Å². The molecule has 0 fully saturated rings. The summed E-state index contributed by atoms with van der Waals surface area (Å²) in [5.74, 6) is 0. The first kappa shape index (κ1) is 19.0. The fourth-order valence-corrected chi connectivity index (χ4v) is 3.53. The van der Waals surface area contributed by atoms with Gasteiger partial charge in [-0.2, -0.15) is 0 Å². The van der Waals surface area contributed by atoms with Crippen molar-refractivity contribution in [2.75, 3.05) is 0 Å². The van der Waals surface area contributed by atoms with E-state index in [9.17, 15) is 0 Å². The van der Waals surface area contributed by atoms with Gasteiger partial charge >= 0.3 is 0 Å². The van der Waals surface area contributed by atoms with Gasteiger partial charge in [0.2, 0.25) is 0 Å². The SMILES string of the molecule is C/C=C1/Cc2ccc3ccccc3c2/C1=C1\C=CC=CC1.CC.CC. The molecule has 0 atom stereocenters. The van der Waals surface area contributed by atoms with E-state index in [4.69, 9.17) is 0 Å². The van der Waals surface area contributed by atoms with Gasteiger partial charge in [-0.25, -0.2) is 0 Å². The molecule has 0 nitrogen and oxygen atoms in total. The molecular formula is C25H30. The van der Waals surface area contributed by atoms with Crippen LogP contribution in [0.5, 0.6) is 0 Å². The number of rotatable bonds is 0. The third-order valence-corrected chi connectivity index (χ3v) is 4.52. The summed E-state index contributed by atoms with van der Waals surface area (Å²) in [6.07, 6.45) is 13.2. The van der Waals surface area contributed by atoms with Gasteiger partial charge in [-0.15, -0.1) is 0 Å². The van der Waals surface area contributed by atoms with Crippen LogP contribution in [0.1, 0.15) is 52.2 Å². The van der Waals surface area contributed by atoms with Gasteiger partial charge in [0.05, 0.1) is 0 Å². The molecule has 0 radical (unpaired) electrons. The summed E-state index contributed by atoms with van der Waals surface area (Å²) in [4.78, 5) is 0. The summed E-state index contributed by atoms with van der Waals surface area (Å²) in [6, 6.07) is 13.3. The predicted octanol–water partition coefficient (Wildman–Crippen LogP) is 7.66. The van der Waals surface area contributed by atoms with Crippen LogP contribution < -0.4 is 0 Å². The molecule has 0 saturated heterocycles. The van der Waals surface area contributed by atoms with Crippen molar-refractivity contribution in [3.63, 3.8) is 0 Å². The summed E-state index contributed by atoms with van der Waals surface area (Å²) in [5, 5.41) is 2.72. The average Bonchev–Trinajstić information content (AvgIpc) is 3.11. The standard InChI is InChI=1S/C21H18.2C2H6/c1-2-15-14-18-13-12-16-8-6-7-11-19(16)21(18)20(15)17-9-4-3-5-10-17;2*1-2/h2-9,11-13H,10,14H2,1H3;2*1-2H3/b15-2-,20-17+;;. The highest BCUT2D eigenvalue weighted by Gasteiger charge is 2.25. The topological polar surface area (TPSA) is 0 Å². The molecule has 0 saturated carbocycles. The largest absolute Gasteiger partial charge is 0.0835 e. The van der Waals surface area contributed by atoms with Crippen molar-refractivity contribution in [3.05, 3.63) is 89.1 Å². The minimum absolute atomic E-state index is 1.03. The summed E-state index contributed by atoms with van der Waals surface area (Å²) in [6.45, 7) is 10.2. The van der Waals surface area contributed by atoms with Crippen molar-refractivity contribution in [1.29, 1.82) is 0 Å². The molecule has 0 spiro atoms. The second-order valence-corrected chi connectivity index (χ2v) is 5.70. The maximum Gasteiger partial charge on any atom is -0.00164 e. The van der Waals surface area contributed by atoms with Gasteiger partial charge in [-0.3, -0.25) is 0 Å². The minimum Gasteiger partial charge on any atom is -0.0835 e. The van der Waals surface area contributed by atoms with E-state index >= 15 is 0 Å². The summed E-state index contributed by atoms with van der Waals surface area (Å²) < 4.78 is 0. The molecule has 0 bridgehead atoms. The van der Waals surface area contributed by atoms with E-state index in [1.807, 2.05) is 27.7 Å². The lowest BCUT2D eigenvalue weighted by molar-refractivity contribution is 1.24. The highest BCUT2D eigenvalue weighted by atomic mass is 14.3. The molecule has 130 valence electrons. The van der Waals surface area contributed by atoms with Crippen molar-refractivity contribution in [1.82, 2.24) is 0 Å². The van der Waals surface area contributed by atoms with E-state index in [0.717, 1.165) is 12.8 Å². The molecule has 2 aromatic rings. The van der Waals surface area contributed by atoms with E-state index < -0.39 is 0 Å². The Labute approximate surface area is 153 Å². The second-order valence-electron chi connectivity index (χ2n) is 5.70. The van der Waals surface area contributed by atoms with E-state index in [0.29, 0.717) is 0 Å². The second kappa shape index (κ2) is 9.22. The van der Waals surface area contributed by atoms with Gasteiger partial charge in [0.25, 0.3) is 0 Å². The summed E-state index contributed by atoms with van der Waals surface area (Å²) in [7, 11) is 0. The van der Waals surface area contributed by atoms with Crippen LogP contribution in [0.4, 0.5) is 0 Å². The Morgan fingerprint density at radius 1 is 0.880 bits per heavy atom. The van der Waals surface area contributed by atoms with E-state index in [1.54, 1.807) is 0 Å². The maximum atomic E-state index is 2.30. The van der Waals surface area contributed by atoms with Gasteiger partial charge in [-0.05, 0) is 58.4 Å². The summed E-state index contributed by atoms with van der Waals surface area (Å²) >= 11 is 0. The minimum atomic E-state index is 1.03. The monoisotopic (exact) mass is 330 g/mol. The maximum absolute atomic E-state index is 2.30. The molecule has 2 aliphatic carbocycles. The van der Waals surface area contributed by atoms with Crippen LogP contribution in [-0.4, -0.2) is 0 Å². The number of fused-ring (bicyclic) bond motifs is 3. The zero-order valence-electron chi connectivity index (χ0n) is 16.3. The fraction of sp³-hybridized carbons (Fsp3) is 0.280. The van der Waals surface area contributed by atoms with Crippen LogP contribution in [0, 0.1) is 0 Å². The van der Waals surface area contributed by atoms with Gasteiger partial charge in [0.15, 0.2) is 0 Å². The molecule has 4 rings (SSSR count). The van der Waals surface area contributed by atoms with Gasteiger partial charge in [0, 0.05) is 0 Å². The third-order valence-electron chi connectivity index (χ3n) is 4.52. The molecule has 0 amide bonds. The van der Waals surface area contributed by atoms with Crippen molar-refractivity contribution in [3.8, 4) is 0 Å². The Morgan fingerprint density at radius 2 is 1.64 bits per heavy atom. The number of benzene rings is 2. The number of allylic oxidation sites excluding steroid dienone is 8. The molecule has 2 aromatic carbocycles. The van der Waals surface area contributed by atoms with E-state index in [2.05, 4.69) is 73.7 Å². The molecule has 0 heterocycles. The Bertz CT molecular complexity index is 841. The summed E-state index contributed by atoms with van der Waals surface area (Å²) in [5.41, 5.74) is 7.30. The van der Waals surface area contributed by atoms with Crippen molar-refractivity contribution in [2.45, 2.75) is 47.5 Å². The highest BCUT2D eigenvalue weighted by molar-refractivity contribution is 6.03. The third kappa shape index (κ3) is 3.69. The molecule has 0 N–H and O–H groups in total. The smallest absolute Gasteiger partial charge is 0.00164 e. The molecule has 25 heavy (non-hydrogen) atoms. The lowest BCUT2D eigenvalue weighted by Gasteiger charge is -2.13. The zero-order valence-corrected chi connectivity index (χ0v) is 16.3. The lowest BCUT2D eigenvalue weighted by atomic mass is 9.91. The molecule has 0 heteroatoms. The first-order valence-corrected chi connectivity index (χ1v) is 9.61. The number of hydrogen-bond donors (Lipinski definition) is 0. The Hall–Kier alpha value is -2.34. The van der Waals surface area contributed by atoms with Crippen molar-refractivity contribution >= 4 is 16.3 Å². The molecule has 0 aromatic heterocycles. The predicted molar refractivity (Wildman–Crippen MR) is 114 cm³/mol.